The SMILES string of the molecule is Cc1ncnc(N2CC3CN(C(=O)Cc4c(C)noc4C)CC3C2)c1C. The molecule has 2 aliphatic rings. The van der Waals surface area contributed by atoms with Gasteiger partial charge in [-0.3, -0.25) is 4.79 Å². The molecule has 0 bridgehead atoms. The van der Waals surface area contributed by atoms with Crippen molar-refractivity contribution in [2.75, 3.05) is 31.1 Å². The van der Waals surface area contributed by atoms with Gasteiger partial charge in [0.05, 0.1) is 12.1 Å². The van der Waals surface area contributed by atoms with Crippen LogP contribution in [0.4, 0.5) is 5.82 Å². The number of nitrogens with zero attached hydrogens (tertiary/aromatic N) is 5. The van der Waals surface area contributed by atoms with Crippen LogP contribution in [0, 0.1) is 39.5 Å². The van der Waals surface area contributed by atoms with Gasteiger partial charge >= 0.3 is 0 Å². The highest BCUT2D eigenvalue weighted by molar-refractivity contribution is 5.79. The van der Waals surface area contributed by atoms with Crippen molar-refractivity contribution < 1.29 is 9.32 Å². The van der Waals surface area contributed by atoms with Gasteiger partial charge in [0.2, 0.25) is 5.91 Å². The van der Waals surface area contributed by atoms with Crippen LogP contribution in [0.15, 0.2) is 10.9 Å². The molecule has 1 amide bonds. The Morgan fingerprint density at radius 3 is 2.38 bits per heavy atom. The molecule has 2 fully saturated rings. The molecule has 2 aromatic heterocycles. The standard InChI is InChI=1S/C19H25N5O2/c1-11-12(2)20-10-21-19(11)24-8-15-6-23(7-16(15)9-24)18(25)5-17-13(3)22-26-14(17)4/h10,15-16H,5-9H2,1-4H3. The van der Waals surface area contributed by atoms with Gasteiger partial charge in [0, 0.05) is 54.8 Å². The summed E-state index contributed by atoms with van der Waals surface area (Å²) in [7, 11) is 0. The van der Waals surface area contributed by atoms with Gasteiger partial charge in [-0.25, -0.2) is 9.97 Å². The topological polar surface area (TPSA) is 75.4 Å². The molecule has 2 saturated heterocycles. The first-order chi connectivity index (χ1) is 12.4. The highest BCUT2D eigenvalue weighted by atomic mass is 16.5. The highest BCUT2D eigenvalue weighted by Gasteiger charge is 2.42. The van der Waals surface area contributed by atoms with Gasteiger partial charge in [0.15, 0.2) is 0 Å². The molecule has 0 radical (unpaired) electrons. The molecule has 7 nitrogen and oxygen atoms in total. The van der Waals surface area contributed by atoms with E-state index < -0.39 is 0 Å². The monoisotopic (exact) mass is 355 g/mol. The summed E-state index contributed by atoms with van der Waals surface area (Å²) >= 11 is 0. The third-order valence-corrected chi connectivity index (χ3v) is 5.96. The van der Waals surface area contributed by atoms with Crippen molar-refractivity contribution in [3.05, 3.63) is 34.6 Å². The number of carbonyl (C=O) groups excluding carboxylic acids is 1. The Morgan fingerprint density at radius 2 is 1.77 bits per heavy atom. The molecular weight excluding hydrogens is 330 g/mol. The quantitative estimate of drug-likeness (QED) is 0.836. The van der Waals surface area contributed by atoms with Crippen LogP contribution in [0.1, 0.15) is 28.3 Å². The molecule has 0 aromatic carbocycles. The van der Waals surface area contributed by atoms with Crippen LogP contribution in [0.25, 0.3) is 0 Å². The van der Waals surface area contributed by atoms with E-state index >= 15 is 0 Å². The summed E-state index contributed by atoms with van der Waals surface area (Å²) in [4.78, 5) is 25.8. The minimum atomic E-state index is 0.175. The Bertz CT molecular complexity index is 813. The van der Waals surface area contributed by atoms with Gasteiger partial charge in [0.1, 0.15) is 17.9 Å². The lowest BCUT2D eigenvalue weighted by Crippen LogP contribution is -2.34. The van der Waals surface area contributed by atoms with E-state index in [1.165, 1.54) is 0 Å². The van der Waals surface area contributed by atoms with Crippen LogP contribution in [-0.2, 0) is 11.2 Å². The van der Waals surface area contributed by atoms with E-state index in [-0.39, 0.29) is 5.91 Å². The zero-order valence-corrected chi connectivity index (χ0v) is 15.8. The van der Waals surface area contributed by atoms with Crippen LogP contribution in [0.2, 0.25) is 0 Å². The smallest absolute Gasteiger partial charge is 0.227 e. The Balaban J connectivity index is 1.40. The molecule has 4 rings (SSSR count). The normalized spacial score (nSPS) is 22.2. The highest BCUT2D eigenvalue weighted by Crippen LogP contribution is 2.34. The molecule has 26 heavy (non-hydrogen) atoms. The Kier molecular flexibility index (Phi) is 4.17. The number of likely N-dealkylation sites (tertiary alicyclic amines) is 1. The maximum absolute atomic E-state index is 12.7. The van der Waals surface area contributed by atoms with Crippen molar-refractivity contribution in [1.29, 1.82) is 0 Å². The number of anilines is 1. The number of hydrogen-bond acceptors (Lipinski definition) is 6. The predicted molar refractivity (Wildman–Crippen MR) is 97.0 cm³/mol. The lowest BCUT2D eigenvalue weighted by Gasteiger charge is -2.24. The second-order valence-corrected chi connectivity index (χ2v) is 7.61. The number of carbonyl (C=O) groups is 1. The lowest BCUT2D eigenvalue weighted by atomic mass is 10.0. The molecule has 2 atom stereocenters. The minimum absolute atomic E-state index is 0.175. The number of aromatic nitrogens is 3. The number of hydrogen-bond donors (Lipinski definition) is 0. The van der Waals surface area contributed by atoms with E-state index in [2.05, 4.69) is 26.9 Å². The van der Waals surface area contributed by atoms with Gasteiger partial charge in [-0.05, 0) is 27.7 Å². The summed E-state index contributed by atoms with van der Waals surface area (Å²) in [5, 5.41) is 3.95. The largest absolute Gasteiger partial charge is 0.361 e. The fourth-order valence-electron chi connectivity index (χ4n) is 4.23. The predicted octanol–water partition coefficient (Wildman–Crippen LogP) is 1.84. The lowest BCUT2D eigenvalue weighted by molar-refractivity contribution is -0.129. The van der Waals surface area contributed by atoms with E-state index in [1.807, 2.05) is 25.7 Å². The maximum atomic E-state index is 12.7. The maximum Gasteiger partial charge on any atom is 0.227 e. The average Bonchev–Trinajstić information content (AvgIpc) is 3.26. The first kappa shape index (κ1) is 17.0. The second kappa shape index (κ2) is 6.37. The van der Waals surface area contributed by atoms with Crippen molar-refractivity contribution in [3.63, 3.8) is 0 Å². The van der Waals surface area contributed by atoms with Crippen molar-refractivity contribution in [2.24, 2.45) is 11.8 Å². The van der Waals surface area contributed by atoms with Crippen LogP contribution < -0.4 is 4.90 Å². The van der Waals surface area contributed by atoms with Gasteiger partial charge < -0.3 is 14.3 Å². The minimum Gasteiger partial charge on any atom is -0.361 e. The average molecular weight is 355 g/mol. The number of amides is 1. The molecule has 2 unspecified atom stereocenters. The van der Waals surface area contributed by atoms with E-state index in [9.17, 15) is 4.79 Å². The molecule has 138 valence electrons. The summed E-state index contributed by atoms with van der Waals surface area (Å²) in [6.45, 7) is 11.4. The number of aryl methyl sites for hydroxylation is 3. The summed E-state index contributed by atoms with van der Waals surface area (Å²) in [6, 6.07) is 0. The molecule has 0 N–H and O–H groups in total. The van der Waals surface area contributed by atoms with Crippen LogP contribution in [-0.4, -0.2) is 52.1 Å². The fourth-order valence-corrected chi connectivity index (χ4v) is 4.23. The second-order valence-electron chi connectivity index (χ2n) is 7.61. The zero-order valence-electron chi connectivity index (χ0n) is 15.8. The first-order valence-corrected chi connectivity index (χ1v) is 9.16. The molecule has 0 spiro atoms. The molecule has 0 saturated carbocycles. The molecule has 4 heterocycles. The fraction of sp³-hybridized carbons (Fsp3) is 0.579. The summed E-state index contributed by atoms with van der Waals surface area (Å²) in [6.07, 6.45) is 2.03. The van der Waals surface area contributed by atoms with E-state index in [4.69, 9.17) is 4.52 Å². The molecular formula is C19H25N5O2. The van der Waals surface area contributed by atoms with Crippen molar-refractivity contribution in [3.8, 4) is 0 Å². The molecule has 0 aliphatic carbocycles. The van der Waals surface area contributed by atoms with Crippen LogP contribution >= 0.6 is 0 Å². The van der Waals surface area contributed by atoms with Crippen LogP contribution in [0.5, 0.6) is 0 Å². The summed E-state index contributed by atoms with van der Waals surface area (Å²) < 4.78 is 5.18. The van der Waals surface area contributed by atoms with E-state index in [0.717, 1.165) is 60.3 Å². The van der Waals surface area contributed by atoms with Gasteiger partial charge in [-0.2, -0.15) is 0 Å². The first-order valence-electron chi connectivity index (χ1n) is 9.16. The van der Waals surface area contributed by atoms with Crippen molar-refractivity contribution in [1.82, 2.24) is 20.0 Å². The number of rotatable bonds is 3. The van der Waals surface area contributed by atoms with Gasteiger partial charge in [-0.15, -0.1) is 0 Å². The van der Waals surface area contributed by atoms with Crippen molar-refractivity contribution in [2.45, 2.75) is 34.1 Å². The Morgan fingerprint density at radius 1 is 1.08 bits per heavy atom. The molecule has 2 aliphatic heterocycles. The summed E-state index contributed by atoms with van der Waals surface area (Å²) in [5.74, 6) is 2.99. The van der Waals surface area contributed by atoms with Gasteiger partial charge in [-0.1, -0.05) is 5.16 Å². The van der Waals surface area contributed by atoms with E-state index in [0.29, 0.717) is 18.3 Å². The molecule has 7 heteroatoms. The summed E-state index contributed by atoms with van der Waals surface area (Å²) in [5.41, 5.74) is 3.93. The van der Waals surface area contributed by atoms with Gasteiger partial charge in [0.25, 0.3) is 0 Å². The zero-order chi connectivity index (χ0) is 18.4. The third kappa shape index (κ3) is 2.85. The number of fused-ring (bicyclic) bond motifs is 1. The third-order valence-electron chi connectivity index (χ3n) is 5.96. The Hall–Kier alpha value is -2.44. The van der Waals surface area contributed by atoms with E-state index in [1.54, 1.807) is 6.33 Å². The Labute approximate surface area is 153 Å². The molecule has 2 aromatic rings. The van der Waals surface area contributed by atoms with Crippen LogP contribution in [0.3, 0.4) is 0 Å². The van der Waals surface area contributed by atoms with Crippen molar-refractivity contribution >= 4 is 11.7 Å².